The molecule has 1 unspecified atom stereocenters. The van der Waals surface area contributed by atoms with Crippen LogP contribution in [0.1, 0.15) is 27.2 Å². The molecule has 0 radical (unpaired) electrons. The summed E-state index contributed by atoms with van der Waals surface area (Å²) in [5.41, 5.74) is 0. The molecule has 0 aliphatic heterocycles. The van der Waals surface area contributed by atoms with Crippen molar-refractivity contribution in [1.29, 1.82) is 0 Å². The Labute approximate surface area is 110 Å². The van der Waals surface area contributed by atoms with E-state index in [4.69, 9.17) is 0 Å². The Morgan fingerprint density at radius 1 is 1.31 bits per heavy atom. The summed E-state index contributed by atoms with van der Waals surface area (Å²) in [4.78, 5) is 11.8. The van der Waals surface area contributed by atoms with E-state index in [1.54, 1.807) is 11.8 Å². The molecule has 0 aromatic carbocycles. The third-order valence-corrected chi connectivity index (χ3v) is 3.56. The van der Waals surface area contributed by atoms with Gasteiger partial charge in [0.15, 0.2) is 0 Å². The van der Waals surface area contributed by atoms with E-state index in [2.05, 4.69) is 31.4 Å². The van der Waals surface area contributed by atoms with Crippen LogP contribution in [-0.2, 0) is 4.79 Å². The van der Waals surface area contributed by atoms with Crippen molar-refractivity contribution in [2.75, 3.05) is 25.9 Å². The summed E-state index contributed by atoms with van der Waals surface area (Å²) in [7, 11) is 1.92. The SMILES string of the molecule is CCSC(C(=O)NCCCNC)C(C)C.Cl. The number of halogens is 1. The third kappa shape index (κ3) is 8.25. The molecule has 0 aromatic rings. The molecule has 0 spiro atoms. The monoisotopic (exact) mass is 268 g/mol. The molecule has 98 valence electrons. The lowest BCUT2D eigenvalue weighted by Gasteiger charge is -2.19. The molecule has 1 amide bonds. The molecule has 0 aliphatic carbocycles. The fraction of sp³-hybridized carbons (Fsp3) is 0.909. The lowest BCUT2D eigenvalue weighted by molar-refractivity contribution is -0.121. The maximum atomic E-state index is 11.8. The molecule has 2 N–H and O–H groups in total. The van der Waals surface area contributed by atoms with Crippen LogP contribution in [0.25, 0.3) is 0 Å². The number of hydrogen-bond donors (Lipinski definition) is 2. The van der Waals surface area contributed by atoms with Crippen LogP contribution in [0, 0.1) is 5.92 Å². The minimum absolute atomic E-state index is 0. The van der Waals surface area contributed by atoms with E-state index in [0.717, 1.165) is 25.3 Å². The fourth-order valence-electron chi connectivity index (χ4n) is 1.33. The van der Waals surface area contributed by atoms with Crippen LogP contribution in [0.2, 0.25) is 0 Å². The quantitative estimate of drug-likeness (QED) is 0.661. The number of nitrogens with one attached hydrogen (secondary N) is 2. The van der Waals surface area contributed by atoms with Crippen molar-refractivity contribution in [3.8, 4) is 0 Å². The van der Waals surface area contributed by atoms with Crippen LogP contribution >= 0.6 is 24.2 Å². The van der Waals surface area contributed by atoms with E-state index in [9.17, 15) is 4.79 Å². The Kier molecular flexibility index (Phi) is 13.3. The normalized spacial score (nSPS) is 12.1. The summed E-state index contributed by atoms with van der Waals surface area (Å²) in [6, 6.07) is 0. The summed E-state index contributed by atoms with van der Waals surface area (Å²) >= 11 is 1.73. The molecule has 0 saturated carbocycles. The highest BCUT2D eigenvalue weighted by molar-refractivity contribution is 8.00. The Hall–Kier alpha value is 0.0700. The van der Waals surface area contributed by atoms with E-state index in [0.29, 0.717) is 5.92 Å². The number of carbonyl (C=O) groups is 1. The van der Waals surface area contributed by atoms with Crippen LogP contribution < -0.4 is 10.6 Å². The highest BCUT2D eigenvalue weighted by Gasteiger charge is 2.21. The molecule has 0 heterocycles. The number of rotatable bonds is 8. The standard InChI is InChI=1S/C11H24N2OS.ClH/c1-5-15-10(9(2)3)11(14)13-8-6-7-12-4;/h9-10,12H,5-8H2,1-4H3,(H,13,14);1H. The average molecular weight is 269 g/mol. The molecule has 1 atom stereocenters. The average Bonchev–Trinajstić information content (AvgIpc) is 2.20. The third-order valence-electron chi connectivity index (χ3n) is 2.11. The van der Waals surface area contributed by atoms with Crippen molar-refractivity contribution in [2.24, 2.45) is 5.92 Å². The van der Waals surface area contributed by atoms with Crippen molar-refractivity contribution in [1.82, 2.24) is 10.6 Å². The van der Waals surface area contributed by atoms with Gasteiger partial charge in [0.2, 0.25) is 5.91 Å². The van der Waals surface area contributed by atoms with E-state index in [1.165, 1.54) is 0 Å². The fourth-order valence-corrected chi connectivity index (χ4v) is 2.31. The highest BCUT2D eigenvalue weighted by Crippen LogP contribution is 2.19. The van der Waals surface area contributed by atoms with Crippen LogP contribution in [0.4, 0.5) is 0 Å². The summed E-state index contributed by atoms with van der Waals surface area (Å²) in [6.45, 7) is 8.01. The van der Waals surface area contributed by atoms with Crippen LogP contribution in [0.3, 0.4) is 0 Å². The zero-order valence-electron chi connectivity index (χ0n) is 10.7. The van der Waals surface area contributed by atoms with Gasteiger partial charge < -0.3 is 10.6 Å². The highest BCUT2D eigenvalue weighted by atomic mass is 35.5. The molecule has 0 aliphatic rings. The first kappa shape index (κ1) is 18.4. The van der Waals surface area contributed by atoms with E-state index >= 15 is 0 Å². The molecule has 16 heavy (non-hydrogen) atoms. The van der Waals surface area contributed by atoms with E-state index < -0.39 is 0 Å². The Morgan fingerprint density at radius 2 is 1.94 bits per heavy atom. The first-order valence-corrected chi connectivity index (χ1v) is 6.72. The lowest BCUT2D eigenvalue weighted by atomic mass is 10.1. The maximum Gasteiger partial charge on any atom is 0.233 e. The predicted octanol–water partition coefficient (Wildman–Crippen LogP) is 1.91. The summed E-state index contributed by atoms with van der Waals surface area (Å²) in [6.07, 6.45) is 0.990. The van der Waals surface area contributed by atoms with Crippen LogP contribution in [-0.4, -0.2) is 37.0 Å². The minimum Gasteiger partial charge on any atom is -0.355 e. The summed E-state index contributed by atoms with van der Waals surface area (Å²) in [5, 5.41) is 6.15. The summed E-state index contributed by atoms with van der Waals surface area (Å²) in [5.74, 6) is 1.58. The molecule has 0 aromatic heterocycles. The number of amides is 1. The molecule has 0 bridgehead atoms. The van der Waals surface area contributed by atoms with Crippen LogP contribution in [0.15, 0.2) is 0 Å². The van der Waals surface area contributed by atoms with Gasteiger partial charge in [-0.25, -0.2) is 0 Å². The van der Waals surface area contributed by atoms with Gasteiger partial charge in [-0.15, -0.1) is 24.2 Å². The Balaban J connectivity index is 0. The summed E-state index contributed by atoms with van der Waals surface area (Å²) < 4.78 is 0. The van der Waals surface area contributed by atoms with Gasteiger partial charge in [-0.3, -0.25) is 4.79 Å². The van der Waals surface area contributed by atoms with Gasteiger partial charge in [-0.05, 0) is 31.7 Å². The zero-order valence-corrected chi connectivity index (χ0v) is 12.3. The Morgan fingerprint density at radius 3 is 2.38 bits per heavy atom. The van der Waals surface area contributed by atoms with Gasteiger partial charge in [-0.2, -0.15) is 0 Å². The second kappa shape index (κ2) is 11.6. The maximum absolute atomic E-state index is 11.8. The van der Waals surface area contributed by atoms with E-state index in [1.807, 2.05) is 7.05 Å². The molecular weight excluding hydrogens is 244 g/mol. The van der Waals surface area contributed by atoms with Gasteiger partial charge in [0.1, 0.15) is 0 Å². The molecule has 5 heteroatoms. The smallest absolute Gasteiger partial charge is 0.233 e. The minimum atomic E-state index is 0. The van der Waals surface area contributed by atoms with Gasteiger partial charge in [0.05, 0.1) is 5.25 Å². The largest absolute Gasteiger partial charge is 0.355 e. The van der Waals surface area contributed by atoms with Crippen molar-refractivity contribution in [2.45, 2.75) is 32.4 Å². The van der Waals surface area contributed by atoms with Gasteiger partial charge >= 0.3 is 0 Å². The molecule has 0 rings (SSSR count). The first-order valence-electron chi connectivity index (χ1n) is 5.67. The zero-order chi connectivity index (χ0) is 11.7. The topological polar surface area (TPSA) is 41.1 Å². The van der Waals surface area contributed by atoms with Crippen molar-refractivity contribution in [3.05, 3.63) is 0 Å². The number of carbonyl (C=O) groups excluding carboxylic acids is 1. The molecule has 0 fully saturated rings. The van der Waals surface area contributed by atoms with Crippen molar-refractivity contribution < 1.29 is 4.79 Å². The first-order chi connectivity index (χ1) is 7.13. The predicted molar refractivity (Wildman–Crippen MR) is 75.6 cm³/mol. The number of thioether (sulfide) groups is 1. The van der Waals surface area contributed by atoms with Crippen molar-refractivity contribution >= 4 is 30.1 Å². The second-order valence-electron chi connectivity index (χ2n) is 3.87. The van der Waals surface area contributed by atoms with E-state index in [-0.39, 0.29) is 23.6 Å². The van der Waals surface area contributed by atoms with Crippen molar-refractivity contribution in [3.63, 3.8) is 0 Å². The Bertz CT molecular complexity index is 179. The molecule has 3 nitrogen and oxygen atoms in total. The van der Waals surface area contributed by atoms with Crippen LogP contribution in [0.5, 0.6) is 0 Å². The van der Waals surface area contributed by atoms with Gasteiger partial charge in [-0.1, -0.05) is 20.8 Å². The van der Waals surface area contributed by atoms with Gasteiger partial charge in [0.25, 0.3) is 0 Å². The molecular formula is C11H25ClN2OS. The van der Waals surface area contributed by atoms with Gasteiger partial charge in [0, 0.05) is 6.54 Å². The second-order valence-corrected chi connectivity index (χ2v) is 5.29. The molecule has 0 saturated heterocycles. The lowest BCUT2D eigenvalue weighted by Crippen LogP contribution is -2.37. The number of hydrogen-bond acceptors (Lipinski definition) is 3.